The summed E-state index contributed by atoms with van der Waals surface area (Å²) in [6, 6.07) is 18.6. The van der Waals surface area contributed by atoms with Gasteiger partial charge in [-0.25, -0.2) is 0 Å². The predicted octanol–water partition coefficient (Wildman–Crippen LogP) is 10.4. The SMILES string of the molecule is CCCCCCCCCCCCOc1ccc(-c2ccc(C(=O)Oc3ccc(C(=O)OC(C)CCCCCC)cc3)[se]2)cc1. The van der Waals surface area contributed by atoms with Gasteiger partial charge in [-0.05, 0) is 0 Å². The number of esters is 2. The van der Waals surface area contributed by atoms with Gasteiger partial charge in [0, 0.05) is 0 Å². The van der Waals surface area contributed by atoms with Crippen LogP contribution in [0.2, 0.25) is 0 Å². The first kappa shape index (κ1) is 35.7. The van der Waals surface area contributed by atoms with Crippen molar-refractivity contribution in [2.24, 2.45) is 0 Å². The van der Waals surface area contributed by atoms with E-state index in [0.717, 1.165) is 48.0 Å². The Bertz CT molecular complexity index is 1210. The number of hydrogen-bond donors (Lipinski definition) is 0. The third-order valence-corrected chi connectivity index (χ3v) is 10.1. The summed E-state index contributed by atoms with van der Waals surface area (Å²) < 4.78 is 18.9. The fourth-order valence-electron chi connectivity index (χ4n) is 5.08. The van der Waals surface area contributed by atoms with E-state index >= 15 is 0 Å². The summed E-state index contributed by atoms with van der Waals surface area (Å²) in [4.78, 5) is 25.3. The van der Waals surface area contributed by atoms with Crippen molar-refractivity contribution >= 4 is 26.4 Å². The first-order valence-corrected chi connectivity index (χ1v) is 18.6. The zero-order valence-corrected chi connectivity index (χ0v) is 28.8. The molecule has 3 aromatic rings. The molecule has 0 saturated carbocycles. The number of carbonyl (C=O) groups is 2. The third-order valence-electron chi connectivity index (χ3n) is 7.79. The second kappa shape index (κ2) is 21.0. The number of benzene rings is 2. The zero-order chi connectivity index (χ0) is 31.4. The van der Waals surface area contributed by atoms with Crippen LogP contribution in [0.1, 0.15) is 137 Å². The van der Waals surface area contributed by atoms with Crippen molar-refractivity contribution in [3.05, 3.63) is 70.7 Å². The molecule has 0 N–H and O–H groups in total. The second-order valence-corrected chi connectivity index (χ2v) is 14.0. The fourth-order valence-corrected chi connectivity index (χ4v) is 6.95. The Balaban J connectivity index is 1.37. The Morgan fingerprint density at radius 3 is 1.84 bits per heavy atom. The van der Waals surface area contributed by atoms with Crippen LogP contribution in [0.5, 0.6) is 11.5 Å². The molecule has 1 atom stereocenters. The van der Waals surface area contributed by atoms with Gasteiger partial charge in [0.05, 0.1) is 0 Å². The molecule has 0 aliphatic heterocycles. The van der Waals surface area contributed by atoms with Crippen LogP contribution in [0.15, 0.2) is 60.7 Å². The van der Waals surface area contributed by atoms with E-state index in [-0.39, 0.29) is 32.5 Å². The molecular formula is C38H52O5Se. The molecule has 0 bridgehead atoms. The van der Waals surface area contributed by atoms with Gasteiger partial charge in [0.25, 0.3) is 0 Å². The zero-order valence-electron chi connectivity index (χ0n) is 27.1. The Hall–Kier alpha value is -2.82. The van der Waals surface area contributed by atoms with Crippen molar-refractivity contribution in [3.8, 4) is 21.5 Å². The van der Waals surface area contributed by atoms with Crippen LogP contribution in [-0.4, -0.2) is 39.2 Å². The molecule has 3 rings (SSSR count). The van der Waals surface area contributed by atoms with Crippen molar-refractivity contribution in [1.29, 1.82) is 0 Å². The van der Waals surface area contributed by atoms with E-state index in [1.165, 1.54) is 70.6 Å². The number of unbranched alkanes of at least 4 members (excludes halogenated alkanes) is 12. The molecule has 2 aromatic carbocycles. The molecule has 0 spiro atoms. The molecule has 0 amide bonds. The van der Waals surface area contributed by atoms with Gasteiger partial charge in [0.2, 0.25) is 0 Å². The average molecular weight is 668 g/mol. The van der Waals surface area contributed by atoms with Crippen LogP contribution in [0.3, 0.4) is 0 Å². The van der Waals surface area contributed by atoms with Crippen molar-refractivity contribution in [2.45, 2.75) is 123 Å². The van der Waals surface area contributed by atoms with Gasteiger partial charge in [0.15, 0.2) is 0 Å². The van der Waals surface area contributed by atoms with Gasteiger partial charge < -0.3 is 0 Å². The van der Waals surface area contributed by atoms with E-state index in [2.05, 4.69) is 26.0 Å². The predicted molar refractivity (Wildman–Crippen MR) is 181 cm³/mol. The normalized spacial score (nSPS) is 11.7. The quantitative estimate of drug-likeness (QED) is 0.0462. The summed E-state index contributed by atoms with van der Waals surface area (Å²) >= 11 is -0.146. The maximum atomic E-state index is 12.8. The molecule has 44 heavy (non-hydrogen) atoms. The van der Waals surface area contributed by atoms with Crippen LogP contribution in [0.25, 0.3) is 10.0 Å². The number of ether oxygens (including phenoxy) is 3. The topological polar surface area (TPSA) is 61.8 Å². The van der Waals surface area contributed by atoms with E-state index in [4.69, 9.17) is 14.2 Å². The minimum absolute atomic E-state index is 0.117. The number of carbonyl (C=O) groups excluding carboxylic acids is 2. The van der Waals surface area contributed by atoms with Gasteiger partial charge in [-0.3, -0.25) is 0 Å². The molecule has 1 aromatic heterocycles. The molecule has 0 fully saturated rings. The van der Waals surface area contributed by atoms with Gasteiger partial charge in [-0.15, -0.1) is 0 Å². The Morgan fingerprint density at radius 2 is 1.20 bits per heavy atom. The standard InChI is InChI=1S/C38H52O5Se/c1-4-6-8-10-11-12-13-14-15-17-29-41-33-23-19-31(20-24-33)35-27-28-36(44-35)38(40)43-34-25-21-32(22-26-34)37(39)42-30(3)18-16-9-7-5-2/h19-28,30H,4-18,29H2,1-3H3. The van der Waals surface area contributed by atoms with Crippen LogP contribution < -0.4 is 9.47 Å². The maximum absolute atomic E-state index is 12.8. The van der Waals surface area contributed by atoms with E-state index in [0.29, 0.717) is 15.8 Å². The van der Waals surface area contributed by atoms with Gasteiger partial charge in [0.1, 0.15) is 0 Å². The average Bonchev–Trinajstić information content (AvgIpc) is 3.53. The minimum atomic E-state index is -0.358. The first-order valence-electron chi connectivity index (χ1n) is 16.9. The van der Waals surface area contributed by atoms with Crippen LogP contribution in [0.4, 0.5) is 0 Å². The monoisotopic (exact) mass is 668 g/mol. The van der Waals surface area contributed by atoms with Gasteiger partial charge >= 0.3 is 207 Å². The Morgan fingerprint density at radius 1 is 0.636 bits per heavy atom. The van der Waals surface area contributed by atoms with Gasteiger partial charge in [-0.2, -0.15) is 0 Å². The van der Waals surface area contributed by atoms with Crippen molar-refractivity contribution in [3.63, 3.8) is 0 Å². The second-order valence-electron chi connectivity index (χ2n) is 11.7. The van der Waals surface area contributed by atoms with Crippen LogP contribution in [-0.2, 0) is 4.74 Å². The third kappa shape index (κ3) is 13.4. The number of hydrogen-bond acceptors (Lipinski definition) is 5. The molecule has 240 valence electrons. The summed E-state index contributed by atoms with van der Waals surface area (Å²) in [5.74, 6) is 0.589. The molecular weight excluding hydrogens is 615 g/mol. The Kier molecular flexibility index (Phi) is 17.0. The van der Waals surface area contributed by atoms with Crippen LogP contribution >= 0.6 is 0 Å². The molecule has 5 nitrogen and oxygen atoms in total. The molecule has 1 unspecified atom stereocenters. The molecule has 0 aliphatic rings. The van der Waals surface area contributed by atoms with E-state index in [1.807, 2.05) is 31.2 Å². The molecule has 0 aliphatic carbocycles. The molecule has 0 radical (unpaired) electrons. The first-order chi connectivity index (χ1) is 21.5. The van der Waals surface area contributed by atoms with E-state index in [1.54, 1.807) is 24.3 Å². The van der Waals surface area contributed by atoms with Crippen LogP contribution in [0, 0.1) is 0 Å². The number of rotatable bonds is 22. The van der Waals surface area contributed by atoms with Crippen molar-refractivity contribution in [2.75, 3.05) is 6.61 Å². The fraction of sp³-hybridized carbons (Fsp3) is 0.526. The Labute approximate surface area is 271 Å². The van der Waals surface area contributed by atoms with E-state index in [9.17, 15) is 9.59 Å². The van der Waals surface area contributed by atoms with Gasteiger partial charge in [-0.1, -0.05) is 65.2 Å². The summed E-state index contributed by atoms with van der Waals surface area (Å²) in [7, 11) is 0. The summed E-state index contributed by atoms with van der Waals surface area (Å²) in [6.45, 7) is 7.13. The summed E-state index contributed by atoms with van der Waals surface area (Å²) in [5.41, 5.74) is 1.55. The molecule has 0 saturated heterocycles. The van der Waals surface area contributed by atoms with E-state index < -0.39 is 0 Å². The summed E-state index contributed by atoms with van der Waals surface area (Å²) in [6.07, 6.45) is 18.5. The molecule has 1 heterocycles. The van der Waals surface area contributed by atoms with Crippen molar-refractivity contribution < 1.29 is 23.8 Å². The summed E-state index contributed by atoms with van der Waals surface area (Å²) in [5, 5.41) is 0. The molecule has 6 heteroatoms. The van der Waals surface area contributed by atoms with Crippen molar-refractivity contribution in [1.82, 2.24) is 0 Å².